The van der Waals surface area contributed by atoms with E-state index in [1.807, 2.05) is 18.2 Å². The van der Waals surface area contributed by atoms with Crippen molar-refractivity contribution in [3.63, 3.8) is 0 Å². The Morgan fingerprint density at radius 1 is 0.897 bits per heavy atom. The number of ether oxygens (including phenoxy) is 2. The highest BCUT2D eigenvalue weighted by atomic mass is 32.1. The molecular weight excluding hydrogens is 382 g/mol. The molecule has 0 radical (unpaired) electrons. The summed E-state index contributed by atoms with van der Waals surface area (Å²) in [6.07, 6.45) is 1.61. The van der Waals surface area contributed by atoms with Gasteiger partial charge in [0.15, 0.2) is 11.5 Å². The topological polar surface area (TPSA) is 56.3 Å². The van der Waals surface area contributed by atoms with Gasteiger partial charge in [-0.3, -0.25) is 0 Å². The van der Waals surface area contributed by atoms with Crippen LogP contribution in [-0.2, 0) is 0 Å². The van der Waals surface area contributed by atoms with Gasteiger partial charge in [0, 0.05) is 16.6 Å². The van der Waals surface area contributed by atoms with E-state index in [4.69, 9.17) is 9.47 Å². The van der Waals surface area contributed by atoms with E-state index in [2.05, 4.69) is 53.6 Å². The molecule has 0 unspecified atom stereocenters. The van der Waals surface area contributed by atoms with E-state index < -0.39 is 0 Å². The molecule has 29 heavy (non-hydrogen) atoms. The van der Waals surface area contributed by atoms with Crippen LogP contribution in [-0.4, -0.2) is 24.2 Å². The van der Waals surface area contributed by atoms with Crippen LogP contribution in [0.1, 0.15) is 16.7 Å². The number of aromatic nitrogens is 2. The van der Waals surface area contributed by atoms with Crippen LogP contribution >= 0.6 is 11.3 Å². The first-order chi connectivity index (χ1) is 14.0. The molecule has 0 spiro atoms. The van der Waals surface area contributed by atoms with Crippen LogP contribution < -0.4 is 14.8 Å². The molecule has 0 amide bonds. The number of hydrogen-bond donors (Lipinski definition) is 1. The fraction of sp³-hybridized carbons (Fsp3) is 0.217. The summed E-state index contributed by atoms with van der Waals surface area (Å²) in [6, 6.07) is 10.3. The Morgan fingerprint density at radius 2 is 1.62 bits per heavy atom. The minimum absolute atomic E-state index is 0.695. The summed E-state index contributed by atoms with van der Waals surface area (Å²) in [6.45, 7) is 6.34. The number of fused-ring (bicyclic) bond motifs is 1. The Morgan fingerprint density at radius 3 is 2.31 bits per heavy atom. The number of nitrogens with one attached hydrogen (secondary N) is 1. The molecule has 6 heteroatoms. The molecule has 0 aliphatic rings. The monoisotopic (exact) mass is 405 g/mol. The van der Waals surface area contributed by atoms with Crippen molar-refractivity contribution in [2.24, 2.45) is 0 Å². The lowest BCUT2D eigenvalue weighted by Gasteiger charge is -2.15. The standard InChI is InChI=1S/C23H23N3O2S/c1-13-8-14(2)21(15(3)9-13)26-22-20-17(11-29-23(20)25-12-24-22)16-6-7-18(27-4)19(10-16)28-5/h6-12H,1-5H3,(H,24,25,26). The van der Waals surface area contributed by atoms with Crippen LogP contribution in [0.5, 0.6) is 11.5 Å². The zero-order valence-electron chi connectivity index (χ0n) is 17.2. The largest absolute Gasteiger partial charge is 0.493 e. The fourth-order valence-electron chi connectivity index (χ4n) is 3.68. The summed E-state index contributed by atoms with van der Waals surface area (Å²) in [5.74, 6) is 2.20. The molecule has 0 saturated heterocycles. The minimum atomic E-state index is 0.695. The van der Waals surface area contributed by atoms with Gasteiger partial charge in [-0.25, -0.2) is 9.97 Å². The molecule has 1 N–H and O–H groups in total. The quantitative estimate of drug-likeness (QED) is 0.438. The van der Waals surface area contributed by atoms with Crippen LogP contribution in [0.2, 0.25) is 0 Å². The lowest BCUT2D eigenvalue weighted by molar-refractivity contribution is 0.355. The summed E-state index contributed by atoms with van der Waals surface area (Å²) in [5.41, 5.74) is 6.81. The third kappa shape index (κ3) is 3.51. The molecule has 0 aliphatic carbocycles. The highest BCUT2D eigenvalue weighted by molar-refractivity contribution is 7.17. The minimum Gasteiger partial charge on any atom is -0.493 e. The van der Waals surface area contributed by atoms with Gasteiger partial charge in [0.05, 0.1) is 19.6 Å². The molecular formula is C23H23N3O2S. The van der Waals surface area contributed by atoms with Gasteiger partial charge >= 0.3 is 0 Å². The molecule has 0 bridgehead atoms. The third-order valence-electron chi connectivity index (χ3n) is 4.99. The number of hydrogen-bond acceptors (Lipinski definition) is 6. The summed E-state index contributed by atoms with van der Waals surface area (Å²) in [4.78, 5) is 9.99. The molecule has 4 rings (SSSR count). The van der Waals surface area contributed by atoms with E-state index in [1.54, 1.807) is 31.9 Å². The van der Waals surface area contributed by atoms with Gasteiger partial charge in [-0.1, -0.05) is 23.8 Å². The number of thiophene rings is 1. The highest BCUT2D eigenvalue weighted by Gasteiger charge is 2.16. The molecule has 4 aromatic rings. The van der Waals surface area contributed by atoms with Gasteiger partial charge in [0.1, 0.15) is 17.0 Å². The first-order valence-corrected chi connectivity index (χ1v) is 10.2. The Hall–Kier alpha value is -3.12. The second-order valence-corrected chi connectivity index (χ2v) is 7.88. The molecule has 148 valence electrons. The summed E-state index contributed by atoms with van der Waals surface area (Å²) >= 11 is 1.60. The van der Waals surface area contributed by atoms with Gasteiger partial charge in [-0.15, -0.1) is 11.3 Å². The molecule has 2 aromatic heterocycles. The Balaban J connectivity index is 1.85. The SMILES string of the molecule is COc1ccc(-c2csc3ncnc(Nc4c(C)cc(C)cc4C)c23)cc1OC. The normalized spacial score (nSPS) is 10.9. The molecule has 2 aromatic carbocycles. The maximum absolute atomic E-state index is 5.49. The van der Waals surface area contributed by atoms with Crippen molar-refractivity contribution >= 4 is 33.1 Å². The van der Waals surface area contributed by atoms with E-state index in [9.17, 15) is 0 Å². The predicted molar refractivity (Wildman–Crippen MR) is 120 cm³/mol. The number of aryl methyl sites for hydroxylation is 3. The second-order valence-electron chi connectivity index (χ2n) is 7.02. The van der Waals surface area contributed by atoms with Crippen molar-refractivity contribution in [2.45, 2.75) is 20.8 Å². The van der Waals surface area contributed by atoms with Crippen molar-refractivity contribution in [2.75, 3.05) is 19.5 Å². The van der Waals surface area contributed by atoms with Crippen LogP contribution in [0.3, 0.4) is 0 Å². The Kier molecular flexibility index (Phi) is 5.11. The van der Waals surface area contributed by atoms with Gasteiger partial charge in [-0.05, 0) is 49.6 Å². The van der Waals surface area contributed by atoms with Gasteiger partial charge < -0.3 is 14.8 Å². The van der Waals surface area contributed by atoms with Gasteiger partial charge in [0.25, 0.3) is 0 Å². The zero-order valence-corrected chi connectivity index (χ0v) is 18.0. The van der Waals surface area contributed by atoms with Crippen molar-refractivity contribution in [3.05, 3.63) is 58.7 Å². The number of anilines is 2. The van der Waals surface area contributed by atoms with Crippen molar-refractivity contribution < 1.29 is 9.47 Å². The Bertz CT molecular complexity index is 1180. The van der Waals surface area contributed by atoms with E-state index in [0.717, 1.165) is 32.8 Å². The molecule has 0 saturated carbocycles. The number of benzene rings is 2. The third-order valence-corrected chi connectivity index (χ3v) is 5.87. The summed E-state index contributed by atoms with van der Waals surface area (Å²) in [5, 5.41) is 6.67. The Labute approximate surface area is 174 Å². The van der Waals surface area contributed by atoms with Gasteiger partial charge in [-0.2, -0.15) is 0 Å². The van der Waals surface area contributed by atoms with E-state index in [1.165, 1.54) is 16.7 Å². The molecule has 0 atom stereocenters. The van der Waals surface area contributed by atoms with Crippen LogP contribution in [0, 0.1) is 20.8 Å². The summed E-state index contributed by atoms with van der Waals surface area (Å²) < 4.78 is 10.9. The van der Waals surface area contributed by atoms with Crippen LogP contribution in [0.4, 0.5) is 11.5 Å². The van der Waals surface area contributed by atoms with E-state index in [-0.39, 0.29) is 0 Å². The second kappa shape index (κ2) is 7.72. The van der Waals surface area contributed by atoms with Crippen molar-refractivity contribution in [3.8, 4) is 22.6 Å². The number of nitrogens with zero attached hydrogens (tertiary/aromatic N) is 2. The van der Waals surface area contributed by atoms with E-state index >= 15 is 0 Å². The maximum Gasteiger partial charge on any atom is 0.161 e. The van der Waals surface area contributed by atoms with E-state index in [0.29, 0.717) is 11.5 Å². The fourth-order valence-corrected chi connectivity index (χ4v) is 4.60. The first kappa shape index (κ1) is 19.2. The van der Waals surface area contributed by atoms with Crippen molar-refractivity contribution in [1.29, 1.82) is 0 Å². The molecule has 2 heterocycles. The zero-order chi connectivity index (χ0) is 20.5. The van der Waals surface area contributed by atoms with Crippen molar-refractivity contribution in [1.82, 2.24) is 9.97 Å². The summed E-state index contributed by atoms with van der Waals surface area (Å²) in [7, 11) is 3.28. The van der Waals surface area contributed by atoms with Gasteiger partial charge in [0.2, 0.25) is 0 Å². The first-order valence-electron chi connectivity index (χ1n) is 9.31. The molecule has 0 aliphatic heterocycles. The molecule has 0 fully saturated rings. The van der Waals surface area contributed by atoms with Crippen LogP contribution in [0.15, 0.2) is 42.0 Å². The molecule has 5 nitrogen and oxygen atoms in total. The highest BCUT2D eigenvalue weighted by Crippen LogP contribution is 2.40. The number of rotatable bonds is 5. The maximum atomic E-state index is 5.49. The smallest absolute Gasteiger partial charge is 0.161 e. The lowest BCUT2D eigenvalue weighted by atomic mass is 10.0. The average molecular weight is 406 g/mol. The number of methoxy groups -OCH3 is 2. The van der Waals surface area contributed by atoms with Crippen LogP contribution in [0.25, 0.3) is 21.3 Å². The predicted octanol–water partition coefficient (Wildman–Crippen LogP) is 6.04. The lowest BCUT2D eigenvalue weighted by Crippen LogP contribution is -2.00. The average Bonchev–Trinajstić information content (AvgIpc) is 3.15.